The average Bonchev–Trinajstić information content (AvgIpc) is 3.26. The topological polar surface area (TPSA) is 65.2 Å². The van der Waals surface area contributed by atoms with Gasteiger partial charge < -0.3 is 9.64 Å². The van der Waals surface area contributed by atoms with Crippen LogP contribution in [0.25, 0.3) is 0 Å². The van der Waals surface area contributed by atoms with Gasteiger partial charge in [0.25, 0.3) is 5.91 Å². The third kappa shape index (κ3) is 4.20. The van der Waals surface area contributed by atoms with Crippen LogP contribution in [-0.4, -0.2) is 37.4 Å². The highest BCUT2D eigenvalue weighted by Crippen LogP contribution is 2.18. The van der Waals surface area contributed by atoms with Gasteiger partial charge in [0, 0.05) is 42.6 Å². The summed E-state index contributed by atoms with van der Waals surface area (Å²) >= 11 is 5.88. The molecule has 28 heavy (non-hydrogen) atoms. The number of halogens is 1. The molecule has 3 rings (SSSR count). The van der Waals surface area contributed by atoms with Crippen LogP contribution in [0.1, 0.15) is 34.4 Å². The van der Waals surface area contributed by atoms with Crippen molar-refractivity contribution >= 4 is 17.5 Å². The molecule has 0 atom stereocenters. The van der Waals surface area contributed by atoms with E-state index in [1.54, 1.807) is 53.2 Å². The zero-order chi connectivity index (χ0) is 20.3. The van der Waals surface area contributed by atoms with E-state index in [1.807, 2.05) is 18.5 Å². The number of hydrogen-bond donors (Lipinski definition) is 0. The molecule has 2 aromatic heterocycles. The van der Waals surface area contributed by atoms with Gasteiger partial charge in [0.2, 0.25) is 0 Å². The van der Waals surface area contributed by atoms with Gasteiger partial charge in [0.15, 0.2) is 6.73 Å². The van der Waals surface area contributed by atoms with Gasteiger partial charge in [0.05, 0.1) is 5.69 Å². The van der Waals surface area contributed by atoms with Crippen LogP contribution in [0.15, 0.2) is 36.5 Å². The first-order chi connectivity index (χ1) is 13.4. The van der Waals surface area contributed by atoms with Gasteiger partial charge in [0.1, 0.15) is 11.4 Å². The Kier molecular flexibility index (Phi) is 6.04. The maximum Gasteiger partial charge on any atom is 0.272 e. The van der Waals surface area contributed by atoms with Crippen molar-refractivity contribution in [2.45, 2.75) is 40.6 Å². The van der Waals surface area contributed by atoms with E-state index in [9.17, 15) is 4.79 Å². The maximum absolute atomic E-state index is 13.0. The molecule has 0 saturated heterocycles. The minimum Gasteiger partial charge on any atom is -0.471 e. The molecule has 0 aliphatic carbocycles. The molecule has 7 nitrogen and oxygen atoms in total. The van der Waals surface area contributed by atoms with E-state index < -0.39 is 0 Å². The maximum atomic E-state index is 13.0. The van der Waals surface area contributed by atoms with Gasteiger partial charge in [-0.05, 0) is 51.1 Å². The molecule has 1 amide bonds. The molecular weight excluding hydrogens is 378 g/mol. The number of aromatic nitrogens is 4. The van der Waals surface area contributed by atoms with E-state index >= 15 is 0 Å². The molecule has 148 valence electrons. The molecule has 0 aliphatic rings. The van der Waals surface area contributed by atoms with Crippen LogP contribution in [0.2, 0.25) is 5.02 Å². The van der Waals surface area contributed by atoms with E-state index in [0.717, 1.165) is 23.5 Å². The largest absolute Gasteiger partial charge is 0.471 e. The zero-order valence-corrected chi connectivity index (χ0v) is 17.3. The van der Waals surface area contributed by atoms with Crippen molar-refractivity contribution in [1.29, 1.82) is 0 Å². The minimum atomic E-state index is -0.125. The van der Waals surface area contributed by atoms with Crippen LogP contribution in [0.4, 0.5) is 0 Å². The number of aryl methyl sites for hydroxylation is 2. The fraction of sp³-hybridized carbons (Fsp3) is 0.350. The molecule has 0 radical (unpaired) electrons. The van der Waals surface area contributed by atoms with Crippen molar-refractivity contribution in [3.8, 4) is 5.75 Å². The van der Waals surface area contributed by atoms with Crippen molar-refractivity contribution < 1.29 is 9.53 Å². The smallest absolute Gasteiger partial charge is 0.272 e. The van der Waals surface area contributed by atoms with Crippen LogP contribution in [0.3, 0.4) is 0 Å². The highest BCUT2D eigenvalue weighted by Gasteiger charge is 2.20. The number of rotatable bonds is 7. The molecule has 0 fully saturated rings. The molecule has 0 spiro atoms. The van der Waals surface area contributed by atoms with Crippen molar-refractivity contribution in [2.24, 2.45) is 0 Å². The van der Waals surface area contributed by atoms with Gasteiger partial charge in [-0.1, -0.05) is 11.6 Å². The average molecular weight is 402 g/mol. The molecular formula is C20H24ClN5O2. The first kappa shape index (κ1) is 19.9. The second-order valence-corrected chi connectivity index (χ2v) is 7.01. The highest BCUT2D eigenvalue weighted by atomic mass is 35.5. The predicted molar refractivity (Wildman–Crippen MR) is 107 cm³/mol. The van der Waals surface area contributed by atoms with Crippen molar-refractivity contribution in [3.63, 3.8) is 0 Å². The summed E-state index contributed by atoms with van der Waals surface area (Å²) in [6, 6.07) is 8.74. The van der Waals surface area contributed by atoms with Crippen molar-refractivity contribution in [3.05, 3.63) is 64.2 Å². The van der Waals surface area contributed by atoms with Crippen molar-refractivity contribution in [1.82, 2.24) is 24.5 Å². The summed E-state index contributed by atoms with van der Waals surface area (Å²) in [5, 5.41) is 9.38. The molecule has 0 saturated carbocycles. The fourth-order valence-corrected chi connectivity index (χ4v) is 3.18. The second-order valence-electron chi connectivity index (χ2n) is 6.57. The highest BCUT2D eigenvalue weighted by molar-refractivity contribution is 6.30. The number of nitrogens with zero attached hydrogens (tertiary/aromatic N) is 5. The Hall–Kier alpha value is -2.80. The Morgan fingerprint density at radius 2 is 1.89 bits per heavy atom. The monoisotopic (exact) mass is 401 g/mol. The van der Waals surface area contributed by atoms with Crippen LogP contribution < -0.4 is 4.74 Å². The predicted octanol–water partition coefficient (Wildman–Crippen LogP) is 3.68. The molecule has 3 aromatic rings. The summed E-state index contributed by atoms with van der Waals surface area (Å²) in [7, 11) is 1.78. The van der Waals surface area contributed by atoms with Gasteiger partial charge in [-0.25, -0.2) is 4.68 Å². The van der Waals surface area contributed by atoms with E-state index in [0.29, 0.717) is 23.0 Å². The third-order valence-electron chi connectivity index (χ3n) is 4.68. The second kappa shape index (κ2) is 8.48. The summed E-state index contributed by atoms with van der Waals surface area (Å²) in [6.45, 7) is 7.48. The molecule has 0 N–H and O–H groups in total. The Bertz CT molecular complexity index is 962. The quantitative estimate of drug-likeness (QED) is 0.605. The molecule has 0 bridgehead atoms. The Morgan fingerprint density at radius 3 is 2.54 bits per heavy atom. The molecule has 0 unspecified atom stereocenters. The lowest BCUT2D eigenvalue weighted by atomic mass is 10.2. The lowest BCUT2D eigenvalue weighted by Gasteiger charge is -2.18. The first-order valence-corrected chi connectivity index (χ1v) is 9.47. The van der Waals surface area contributed by atoms with Gasteiger partial charge in [-0.15, -0.1) is 0 Å². The molecule has 2 heterocycles. The van der Waals surface area contributed by atoms with Crippen LogP contribution in [-0.2, 0) is 19.8 Å². The van der Waals surface area contributed by atoms with E-state index in [2.05, 4.69) is 17.1 Å². The summed E-state index contributed by atoms with van der Waals surface area (Å²) in [4.78, 5) is 14.6. The lowest BCUT2D eigenvalue weighted by Crippen LogP contribution is -2.29. The van der Waals surface area contributed by atoms with Crippen molar-refractivity contribution in [2.75, 3.05) is 7.05 Å². The number of benzene rings is 1. The van der Waals surface area contributed by atoms with Gasteiger partial charge >= 0.3 is 0 Å². The minimum absolute atomic E-state index is 0.125. The summed E-state index contributed by atoms with van der Waals surface area (Å²) in [5.74, 6) is 0.533. The summed E-state index contributed by atoms with van der Waals surface area (Å²) in [6.07, 6.45) is 1.60. The molecule has 0 aliphatic heterocycles. The number of carbonyl (C=O) groups excluding carboxylic acids is 1. The number of carbonyl (C=O) groups is 1. The van der Waals surface area contributed by atoms with E-state index in [1.165, 1.54) is 0 Å². The summed E-state index contributed by atoms with van der Waals surface area (Å²) < 4.78 is 9.20. The third-order valence-corrected chi connectivity index (χ3v) is 4.93. The van der Waals surface area contributed by atoms with Crippen LogP contribution >= 0.6 is 11.6 Å². The van der Waals surface area contributed by atoms with Gasteiger partial charge in [-0.2, -0.15) is 10.2 Å². The SMILES string of the molecule is CCn1nc(C)c(CN(C)C(=O)c2ccnn2COc2ccc(Cl)cc2)c1C. The first-order valence-electron chi connectivity index (χ1n) is 9.09. The zero-order valence-electron chi connectivity index (χ0n) is 16.5. The Balaban J connectivity index is 1.70. The Morgan fingerprint density at radius 1 is 1.18 bits per heavy atom. The number of hydrogen-bond acceptors (Lipinski definition) is 4. The van der Waals surface area contributed by atoms with E-state index in [4.69, 9.17) is 16.3 Å². The summed E-state index contributed by atoms with van der Waals surface area (Å²) in [5.41, 5.74) is 3.56. The Labute approximate surface area is 169 Å². The van der Waals surface area contributed by atoms with Crippen LogP contribution in [0, 0.1) is 13.8 Å². The van der Waals surface area contributed by atoms with E-state index in [-0.39, 0.29) is 12.6 Å². The normalized spacial score (nSPS) is 10.9. The van der Waals surface area contributed by atoms with Crippen LogP contribution in [0.5, 0.6) is 5.75 Å². The van der Waals surface area contributed by atoms with Gasteiger partial charge in [-0.3, -0.25) is 9.48 Å². The lowest BCUT2D eigenvalue weighted by molar-refractivity contribution is 0.0762. The molecule has 1 aromatic carbocycles. The fourth-order valence-electron chi connectivity index (χ4n) is 3.06. The standard InChI is InChI=1S/C20H24ClN5O2/c1-5-25-15(3)18(14(2)23-25)12-24(4)20(27)19-10-11-22-26(19)13-28-17-8-6-16(21)7-9-17/h6-11H,5,12-13H2,1-4H3. The molecule has 8 heteroatoms. The number of amides is 1. The number of ether oxygens (including phenoxy) is 1.